The Balaban J connectivity index is 2.15. The van der Waals surface area contributed by atoms with Gasteiger partial charge in [0.15, 0.2) is 5.82 Å². The van der Waals surface area contributed by atoms with E-state index in [4.69, 9.17) is 23.2 Å². The molecule has 0 atom stereocenters. The molecule has 100 valence electrons. The number of benzene rings is 1. The van der Waals surface area contributed by atoms with Crippen LogP contribution in [-0.2, 0) is 0 Å². The molecule has 0 aliphatic rings. The number of aromatic nitrogens is 2. The van der Waals surface area contributed by atoms with E-state index in [1.807, 2.05) is 16.8 Å². The van der Waals surface area contributed by atoms with E-state index in [1.165, 1.54) is 0 Å². The van der Waals surface area contributed by atoms with Crippen molar-refractivity contribution in [2.24, 2.45) is 0 Å². The van der Waals surface area contributed by atoms with Crippen LogP contribution in [-0.4, -0.2) is 9.97 Å². The maximum Gasteiger partial charge on any atom is 0.259 e. The molecule has 0 fully saturated rings. The fourth-order valence-electron chi connectivity index (χ4n) is 1.80. The number of nitrogens with one attached hydrogen (secondary N) is 1. The van der Waals surface area contributed by atoms with Gasteiger partial charge in [0, 0.05) is 5.02 Å². The molecular weight excluding hydrogens is 315 g/mol. The van der Waals surface area contributed by atoms with Gasteiger partial charge in [0.2, 0.25) is 0 Å². The third kappa shape index (κ3) is 2.63. The Morgan fingerprint density at radius 3 is 2.95 bits per heavy atom. The Labute approximate surface area is 128 Å². The van der Waals surface area contributed by atoms with E-state index in [2.05, 4.69) is 9.97 Å². The number of fused-ring (bicyclic) bond motifs is 1. The molecule has 0 saturated heterocycles. The first kappa shape index (κ1) is 13.4. The number of halogens is 2. The highest BCUT2D eigenvalue weighted by Crippen LogP contribution is 2.22. The zero-order valence-electron chi connectivity index (χ0n) is 10.1. The second kappa shape index (κ2) is 5.40. The van der Waals surface area contributed by atoms with E-state index in [0.29, 0.717) is 26.8 Å². The molecule has 0 aliphatic heterocycles. The number of H-pyrrole nitrogens is 1. The van der Waals surface area contributed by atoms with Gasteiger partial charge in [-0.3, -0.25) is 4.79 Å². The number of aromatic amines is 1. The topological polar surface area (TPSA) is 45.8 Å². The highest BCUT2D eigenvalue weighted by atomic mass is 35.5. The highest BCUT2D eigenvalue weighted by Gasteiger charge is 2.07. The van der Waals surface area contributed by atoms with Gasteiger partial charge in [0.1, 0.15) is 0 Å². The van der Waals surface area contributed by atoms with E-state index in [0.717, 1.165) is 5.56 Å². The maximum atomic E-state index is 12.0. The van der Waals surface area contributed by atoms with E-state index in [9.17, 15) is 4.79 Å². The molecule has 0 bridgehead atoms. The third-order valence-corrected chi connectivity index (χ3v) is 3.96. The quantitative estimate of drug-likeness (QED) is 0.761. The lowest BCUT2D eigenvalue weighted by molar-refractivity contribution is 1.14. The smallest absolute Gasteiger partial charge is 0.259 e. The van der Waals surface area contributed by atoms with Gasteiger partial charge >= 0.3 is 0 Å². The van der Waals surface area contributed by atoms with Crippen molar-refractivity contribution in [3.8, 4) is 0 Å². The van der Waals surface area contributed by atoms with E-state index < -0.39 is 0 Å². The first-order valence-corrected chi connectivity index (χ1v) is 7.43. The monoisotopic (exact) mass is 322 g/mol. The van der Waals surface area contributed by atoms with Gasteiger partial charge in [0.25, 0.3) is 5.56 Å². The summed E-state index contributed by atoms with van der Waals surface area (Å²) >= 11 is 13.7. The maximum absolute atomic E-state index is 12.0. The zero-order valence-corrected chi connectivity index (χ0v) is 12.4. The first-order valence-electron chi connectivity index (χ1n) is 5.73. The molecule has 3 nitrogen and oxygen atoms in total. The van der Waals surface area contributed by atoms with Crippen LogP contribution in [0.5, 0.6) is 0 Å². The molecule has 0 amide bonds. The molecule has 0 spiro atoms. The molecule has 6 heteroatoms. The third-order valence-electron chi connectivity index (χ3n) is 2.73. The SMILES string of the molecule is O=c1[nH]c(C(Cl)=Cc2ccsc2)nc2cc(Cl)ccc12. The normalized spacial score (nSPS) is 12.0. The van der Waals surface area contributed by atoms with Crippen molar-refractivity contribution in [1.29, 1.82) is 0 Å². The average molecular weight is 323 g/mol. The predicted molar refractivity (Wildman–Crippen MR) is 85.4 cm³/mol. The number of rotatable bonds is 2. The van der Waals surface area contributed by atoms with Crippen molar-refractivity contribution in [1.82, 2.24) is 9.97 Å². The minimum atomic E-state index is -0.237. The van der Waals surface area contributed by atoms with Crippen molar-refractivity contribution in [3.05, 3.63) is 61.8 Å². The van der Waals surface area contributed by atoms with Crippen molar-refractivity contribution < 1.29 is 0 Å². The Morgan fingerprint density at radius 2 is 2.20 bits per heavy atom. The van der Waals surface area contributed by atoms with Crippen LogP contribution in [0.1, 0.15) is 11.4 Å². The van der Waals surface area contributed by atoms with Crippen molar-refractivity contribution in [3.63, 3.8) is 0 Å². The van der Waals surface area contributed by atoms with Crippen LogP contribution in [0.3, 0.4) is 0 Å². The molecule has 0 saturated carbocycles. The molecule has 0 unspecified atom stereocenters. The second-order valence-corrected chi connectivity index (χ2v) is 5.75. The average Bonchev–Trinajstić information content (AvgIpc) is 2.90. The van der Waals surface area contributed by atoms with Gasteiger partial charge in [-0.25, -0.2) is 4.98 Å². The fraction of sp³-hybridized carbons (Fsp3) is 0. The summed E-state index contributed by atoms with van der Waals surface area (Å²) in [6.07, 6.45) is 1.76. The summed E-state index contributed by atoms with van der Waals surface area (Å²) in [4.78, 5) is 19.0. The van der Waals surface area contributed by atoms with Crippen LogP contribution in [0.15, 0.2) is 39.8 Å². The molecule has 1 N–H and O–H groups in total. The van der Waals surface area contributed by atoms with Gasteiger partial charge in [-0.2, -0.15) is 11.3 Å². The molecule has 3 aromatic rings. The van der Waals surface area contributed by atoms with Crippen LogP contribution in [0.4, 0.5) is 0 Å². The van der Waals surface area contributed by atoms with Crippen molar-refractivity contribution in [2.45, 2.75) is 0 Å². The summed E-state index contributed by atoms with van der Waals surface area (Å²) in [5, 5.41) is 5.30. The van der Waals surface area contributed by atoms with E-state index in [1.54, 1.807) is 35.6 Å². The summed E-state index contributed by atoms with van der Waals surface area (Å²) in [7, 11) is 0. The number of thiophene rings is 1. The van der Waals surface area contributed by atoms with Crippen LogP contribution < -0.4 is 5.56 Å². The van der Waals surface area contributed by atoms with Crippen LogP contribution >= 0.6 is 34.5 Å². The standard InChI is InChI=1S/C14H8Cl2N2OS/c15-9-1-2-10-12(6-9)17-13(18-14(10)19)11(16)5-8-3-4-20-7-8/h1-7H,(H,17,18,19). The molecule has 0 radical (unpaired) electrons. The van der Waals surface area contributed by atoms with Gasteiger partial charge in [-0.15, -0.1) is 0 Å². The number of nitrogens with zero attached hydrogens (tertiary/aromatic N) is 1. The molecular formula is C14H8Cl2N2OS. The lowest BCUT2D eigenvalue weighted by Crippen LogP contribution is -2.10. The fourth-order valence-corrected chi connectivity index (χ4v) is 2.80. The van der Waals surface area contributed by atoms with Crippen molar-refractivity contribution >= 4 is 56.5 Å². The summed E-state index contributed by atoms with van der Waals surface area (Å²) in [5.74, 6) is 0.331. The van der Waals surface area contributed by atoms with E-state index in [-0.39, 0.29) is 5.56 Å². The highest BCUT2D eigenvalue weighted by molar-refractivity contribution is 7.08. The van der Waals surface area contributed by atoms with Gasteiger partial charge < -0.3 is 4.98 Å². The second-order valence-electron chi connectivity index (χ2n) is 4.12. The van der Waals surface area contributed by atoms with Gasteiger partial charge in [-0.1, -0.05) is 23.2 Å². The van der Waals surface area contributed by atoms with Crippen LogP contribution in [0.2, 0.25) is 5.02 Å². The minimum Gasteiger partial charge on any atom is -0.305 e. The number of hydrogen-bond donors (Lipinski definition) is 1. The largest absolute Gasteiger partial charge is 0.305 e. The van der Waals surface area contributed by atoms with Crippen LogP contribution in [0, 0.1) is 0 Å². The zero-order chi connectivity index (χ0) is 14.1. The lowest BCUT2D eigenvalue weighted by atomic mass is 10.2. The van der Waals surface area contributed by atoms with E-state index >= 15 is 0 Å². The molecule has 2 heterocycles. The molecule has 20 heavy (non-hydrogen) atoms. The van der Waals surface area contributed by atoms with Gasteiger partial charge in [0.05, 0.1) is 15.9 Å². The Kier molecular flexibility index (Phi) is 3.61. The number of hydrogen-bond acceptors (Lipinski definition) is 3. The van der Waals surface area contributed by atoms with Crippen molar-refractivity contribution in [2.75, 3.05) is 0 Å². The summed E-state index contributed by atoms with van der Waals surface area (Å²) in [6, 6.07) is 6.88. The molecule has 3 rings (SSSR count). The predicted octanol–water partition coefficient (Wildman–Crippen LogP) is 4.37. The summed E-state index contributed by atoms with van der Waals surface area (Å²) in [6.45, 7) is 0. The van der Waals surface area contributed by atoms with Gasteiger partial charge in [-0.05, 0) is 46.7 Å². The Bertz CT molecular complexity index is 853. The molecule has 2 aromatic heterocycles. The van der Waals surface area contributed by atoms with Crippen LogP contribution in [0.25, 0.3) is 22.0 Å². The summed E-state index contributed by atoms with van der Waals surface area (Å²) < 4.78 is 0. The Morgan fingerprint density at radius 1 is 1.35 bits per heavy atom. The molecule has 0 aliphatic carbocycles. The molecule has 1 aromatic carbocycles. The first-order chi connectivity index (χ1) is 9.63. The lowest BCUT2D eigenvalue weighted by Gasteiger charge is -2.02. The Hall–Kier alpha value is -1.62. The minimum absolute atomic E-state index is 0.237. The summed E-state index contributed by atoms with van der Waals surface area (Å²) in [5.41, 5.74) is 1.25.